The fraction of sp³-hybridized carbons (Fsp3) is 0.429. The number of nitriles is 1. The Hall–Kier alpha value is -1.93. The van der Waals surface area contributed by atoms with Gasteiger partial charge in [0.05, 0.1) is 23.6 Å². The van der Waals surface area contributed by atoms with E-state index in [-0.39, 0.29) is 23.5 Å². The van der Waals surface area contributed by atoms with Crippen molar-refractivity contribution < 1.29 is 14.3 Å². The van der Waals surface area contributed by atoms with E-state index in [0.29, 0.717) is 5.69 Å². The van der Waals surface area contributed by atoms with Crippen LogP contribution in [0.15, 0.2) is 12.1 Å². The topological polar surface area (TPSA) is 64.3 Å². The van der Waals surface area contributed by atoms with Gasteiger partial charge in [0.1, 0.15) is 11.9 Å². The number of aliphatic hydroxyl groups is 1. The second-order valence-corrected chi connectivity index (χ2v) is 5.16. The predicted octanol–water partition coefficient (Wildman–Crippen LogP) is 1.88. The molecule has 0 aromatic heterocycles. The summed E-state index contributed by atoms with van der Waals surface area (Å²) in [5, 5.41) is 18.9. The maximum atomic E-state index is 13.9. The maximum Gasteiger partial charge on any atom is 0.230 e. The minimum atomic E-state index is -1.13. The number of anilines is 1. The molecular weight excluding hydrogens is 247 g/mol. The lowest BCUT2D eigenvalue weighted by atomic mass is 9.98. The first kappa shape index (κ1) is 13.5. The van der Waals surface area contributed by atoms with Crippen molar-refractivity contribution in [1.82, 2.24) is 0 Å². The Morgan fingerprint density at radius 2 is 2.21 bits per heavy atom. The van der Waals surface area contributed by atoms with Gasteiger partial charge in [0.15, 0.2) is 0 Å². The summed E-state index contributed by atoms with van der Waals surface area (Å²) in [5.41, 5.74) is -0.524. The van der Waals surface area contributed by atoms with E-state index in [1.807, 2.05) is 0 Å². The van der Waals surface area contributed by atoms with Gasteiger partial charge in [-0.3, -0.25) is 4.79 Å². The zero-order valence-corrected chi connectivity index (χ0v) is 11.1. The Morgan fingerprint density at radius 3 is 2.68 bits per heavy atom. The Kier molecular flexibility index (Phi) is 3.07. The van der Waals surface area contributed by atoms with Crippen molar-refractivity contribution in [3.63, 3.8) is 0 Å². The molecule has 0 spiro atoms. The summed E-state index contributed by atoms with van der Waals surface area (Å²) in [4.78, 5) is 13.4. The first-order chi connectivity index (χ1) is 8.79. The van der Waals surface area contributed by atoms with Gasteiger partial charge in [0.2, 0.25) is 5.91 Å². The summed E-state index contributed by atoms with van der Waals surface area (Å²) >= 11 is 0. The number of halogens is 1. The van der Waals surface area contributed by atoms with Crippen LogP contribution in [0.25, 0.3) is 0 Å². The molecule has 0 bridgehead atoms. The Morgan fingerprint density at radius 1 is 1.58 bits per heavy atom. The van der Waals surface area contributed by atoms with Gasteiger partial charge in [-0.1, -0.05) is 0 Å². The average Bonchev–Trinajstić information content (AvgIpc) is 2.53. The van der Waals surface area contributed by atoms with Crippen molar-refractivity contribution >= 4 is 11.6 Å². The van der Waals surface area contributed by atoms with Gasteiger partial charge in [-0.25, -0.2) is 4.39 Å². The van der Waals surface area contributed by atoms with Crippen LogP contribution in [-0.2, 0) is 4.79 Å². The molecule has 0 aliphatic carbocycles. The predicted molar refractivity (Wildman–Crippen MR) is 68.0 cm³/mol. The summed E-state index contributed by atoms with van der Waals surface area (Å²) < 4.78 is 13.9. The van der Waals surface area contributed by atoms with Crippen molar-refractivity contribution in [2.45, 2.75) is 38.8 Å². The number of nitrogens with zero attached hydrogens (tertiary/aromatic N) is 2. The molecule has 19 heavy (non-hydrogen) atoms. The van der Waals surface area contributed by atoms with Crippen molar-refractivity contribution in [2.75, 3.05) is 4.90 Å². The fourth-order valence-electron chi connectivity index (χ4n) is 2.40. The van der Waals surface area contributed by atoms with Crippen molar-refractivity contribution in [3.05, 3.63) is 29.1 Å². The SMILES string of the molecule is Cc1c(N2C(=O)C[C@](C)(O)[C@@H]2C)ccc(C#N)c1F. The lowest BCUT2D eigenvalue weighted by Gasteiger charge is -2.29. The van der Waals surface area contributed by atoms with Gasteiger partial charge in [-0.2, -0.15) is 5.26 Å². The molecule has 1 aromatic carbocycles. The lowest BCUT2D eigenvalue weighted by molar-refractivity contribution is -0.118. The van der Waals surface area contributed by atoms with E-state index in [9.17, 15) is 14.3 Å². The lowest BCUT2D eigenvalue weighted by Crippen LogP contribution is -2.41. The van der Waals surface area contributed by atoms with Gasteiger partial charge in [0.25, 0.3) is 0 Å². The van der Waals surface area contributed by atoms with E-state index in [1.54, 1.807) is 26.0 Å². The minimum Gasteiger partial charge on any atom is -0.387 e. The number of carbonyl (C=O) groups is 1. The second kappa shape index (κ2) is 4.32. The van der Waals surface area contributed by atoms with Crippen LogP contribution in [-0.4, -0.2) is 22.7 Å². The van der Waals surface area contributed by atoms with E-state index < -0.39 is 17.5 Å². The van der Waals surface area contributed by atoms with Crippen LogP contribution in [0.3, 0.4) is 0 Å². The molecule has 1 amide bonds. The number of hydrogen-bond donors (Lipinski definition) is 1. The highest BCUT2D eigenvalue weighted by atomic mass is 19.1. The second-order valence-electron chi connectivity index (χ2n) is 5.16. The highest BCUT2D eigenvalue weighted by Gasteiger charge is 2.46. The average molecular weight is 262 g/mol. The number of rotatable bonds is 1. The Balaban J connectivity index is 2.53. The smallest absolute Gasteiger partial charge is 0.230 e. The van der Waals surface area contributed by atoms with E-state index in [0.717, 1.165) is 0 Å². The molecule has 2 atom stereocenters. The molecule has 5 heteroatoms. The van der Waals surface area contributed by atoms with Gasteiger partial charge >= 0.3 is 0 Å². The van der Waals surface area contributed by atoms with Gasteiger partial charge in [-0.05, 0) is 32.9 Å². The summed E-state index contributed by atoms with van der Waals surface area (Å²) in [6.45, 7) is 4.84. The highest BCUT2D eigenvalue weighted by Crippen LogP contribution is 2.36. The molecule has 1 aliphatic rings. The highest BCUT2D eigenvalue weighted by molar-refractivity contribution is 5.98. The number of carbonyl (C=O) groups excluding carboxylic acids is 1. The molecule has 0 unspecified atom stereocenters. The van der Waals surface area contributed by atoms with Gasteiger partial charge < -0.3 is 10.0 Å². The third kappa shape index (κ3) is 1.98. The molecule has 4 nitrogen and oxygen atoms in total. The molecule has 0 radical (unpaired) electrons. The monoisotopic (exact) mass is 262 g/mol. The zero-order valence-electron chi connectivity index (χ0n) is 11.1. The first-order valence-corrected chi connectivity index (χ1v) is 6.03. The largest absolute Gasteiger partial charge is 0.387 e. The Labute approximate surface area is 111 Å². The fourth-order valence-corrected chi connectivity index (χ4v) is 2.40. The van der Waals surface area contributed by atoms with Crippen LogP contribution in [0.1, 0.15) is 31.4 Å². The number of hydrogen-bond acceptors (Lipinski definition) is 3. The summed E-state index contributed by atoms with van der Waals surface area (Å²) in [6, 6.07) is 4.23. The molecule has 1 heterocycles. The summed E-state index contributed by atoms with van der Waals surface area (Å²) in [5.74, 6) is -0.865. The molecule has 2 rings (SSSR count). The Bertz CT molecular complexity index is 590. The molecule has 1 aromatic rings. The quantitative estimate of drug-likeness (QED) is 0.840. The molecule has 0 saturated carbocycles. The molecule has 100 valence electrons. The summed E-state index contributed by atoms with van der Waals surface area (Å²) in [6.07, 6.45) is 0.00915. The molecule has 1 fully saturated rings. The van der Waals surface area contributed by atoms with Crippen molar-refractivity contribution in [2.24, 2.45) is 0 Å². The van der Waals surface area contributed by atoms with E-state index >= 15 is 0 Å². The summed E-state index contributed by atoms with van der Waals surface area (Å²) in [7, 11) is 0. The third-order valence-corrected chi connectivity index (χ3v) is 3.80. The maximum absolute atomic E-state index is 13.9. The normalized spacial score (nSPS) is 26.6. The van der Waals surface area contributed by atoms with Crippen molar-refractivity contribution in [1.29, 1.82) is 5.26 Å². The van der Waals surface area contributed by atoms with E-state index in [1.165, 1.54) is 17.9 Å². The van der Waals surface area contributed by atoms with Crippen LogP contribution >= 0.6 is 0 Å². The third-order valence-electron chi connectivity index (χ3n) is 3.80. The van der Waals surface area contributed by atoms with Crippen LogP contribution in [0.2, 0.25) is 0 Å². The van der Waals surface area contributed by atoms with Gasteiger partial charge in [-0.15, -0.1) is 0 Å². The first-order valence-electron chi connectivity index (χ1n) is 6.03. The standard InChI is InChI=1S/C14H15FN2O2/c1-8-11(5-4-10(7-16)13(8)15)17-9(2)14(3,19)6-12(17)18/h4-5,9,19H,6H2,1-3H3/t9-,14-/m0/s1. The van der Waals surface area contributed by atoms with E-state index in [2.05, 4.69) is 0 Å². The van der Waals surface area contributed by atoms with Crippen LogP contribution < -0.4 is 4.90 Å². The van der Waals surface area contributed by atoms with Crippen LogP contribution in [0.4, 0.5) is 10.1 Å². The number of amides is 1. The van der Waals surface area contributed by atoms with Crippen molar-refractivity contribution in [3.8, 4) is 6.07 Å². The minimum absolute atomic E-state index is 0.00915. The van der Waals surface area contributed by atoms with Crippen LogP contribution in [0, 0.1) is 24.1 Å². The molecular formula is C14H15FN2O2. The molecule has 1 aliphatic heterocycles. The zero-order chi connectivity index (χ0) is 14.4. The molecule has 1 N–H and O–H groups in total. The van der Waals surface area contributed by atoms with E-state index in [4.69, 9.17) is 5.26 Å². The number of benzene rings is 1. The van der Waals surface area contributed by atoms with Crippen LogP contribution in [0.5, 0.6) is 0 Å². The van der Waals surface area contributed by atoms with Gasteiger partial charge in [0, 0.05) is 11.3 Å². The molecule has 1 saturated heterocycles.